The van der Waals surface area contributed by atoms with Crippen molar-refractivity contribution in [1.29, 1.82) is 0 Å². The average molecular weight is 677 g/mol. The van der Waals surface area contributed by atoms with Gasteiger partial charge in [0.1, 0.15) is 0 Å². The highest BCUT2D eigenvalue weighted by Crippen LogP contribution is 2.41. The highest BCUT2D eigenvalue weighted by molar-refractivity contribution is 6.25. The van der Waals surface area contributed by atoms with Gasteiger partial charge in [0.2, 0.25) is 0 Å². The van der Waals surface area contributed by atoms with Crippen molar-refractivity contribution in [2.24, 2.45) is 0 Å². The Morgan fingerprint density at radius 2 is 0.755 bits per heavy atom. The SMILES string of the molecule is c1ccc(N(c2ccccc2)c2ccccc2-c2nc(-c3ccc4ccccc4c3)nc(-c3ccc4c5ccccc5c5ccccc5c4c3)n2)cc1. The van der Waals surface area contributed by atoms with E-state index in [2.05, 4.69) is 187 Å². The molecule has 0 saturated carbocycles. The quantitative estimate of drug-likeness (QED) is 0.164. The van der Waals surface area contributed by atoms with E-state index >= 15 is 0 Å². The van der Waals surface area contributed by atoms with Crippen LogP contribution in [-0.2, 0) is 0 Å². The molecule has 0 atom stereocenters. The molecule has 0 unspecified atom stereocenters. The second kappa shape index (κ2) is 12.9. The molecule has 4 nitrogen and oxygen atoms in total. The molecule has 10 rings (SSSR count). The van der Waals surface area contributed by atoms with Crippen LogP contribution in [0.25, 0.3) is 77.3 Å². The van der Waals surface area contributed by atoms with Gasteiger partial charge in [0.25, 0.3) is 0 Å². The van der Waals surface area contributed by atoms with Crippen LogP contribution in [0.15, 0.2) is 194 Å². The van der Waals surface area contributed by atoms with E-state index < -0.39 is 0 Å². The van der Waals surface area contributed by atoms with Crippen molar-refractivity contribution >= 4 is 60.2 Å². The Labute approximate surface area is 307 Å². The van der Waals surface area contributed by atoms with Gasteiger partial charge >= 0.3 is 0 Å². The zero-order chi connectivity index (χ0) is 35.1. The summed E-state index contributed by atoms with van der Waals surface area (Å²) in [5.74, 6) is 1.85. The molecule has 53 heavy (non-hydrogen) atoms. The van der Waals surface area contributed by atoms with Gasteiger partial charge in [-0.15, -0.1) is 0 Å². The molecule has 0 radical (unpaired) electrons. The maximum Gasteiger partial charge on any atom is 0.166 e. The highest BCUT2D eigenvalue weighted by Gasteiger charge is 2.21. The third-order valence-electron chi connectivity index (χ3n) is 10.1. The van der Waals surface area contributed by atoms with Crippen molar-refractivity contribution < 1.29 is 0 Å². The van der Waals surface area contributed by atoms with Crippen LogP contribution in [0.1, 0.15) is 0 Å². The fourth-order valence-corrected chi connectivity index (χ4v) is 7.57. The van der Waals surface area contributed by atoms with Crippen LogP contribution >= 0.6 is 0 Å². The molecule has 0 amide bonds. The summed E-state index contributed by atoms with van der Waals surface area (Å²) in [6.07, 6.45) is 0. The van der Waals surface area contributed by atoms with Gasteiger partial charge in [0, 0.05) is 28.1 Å². The first-order valence-electron chi connectivity index (χ1n) is 17.9. The minimum absolute atomic E-state index is 0.606. The summed E-state index contributed by atoms with van der Waals surface area (Å²) in [6.45, 7) is 0. The molecule has 10 aromatic rings. The fraction of sp³-hybridized carbons (Fsp3) is 0. The van der Waals surface area contributed by atoms with Crippen LogP contribution in [0.5, 0.6) is 0 Å². The van der Waals surface area contributed by atoms with Crippen LogP contribution in [0.3, 0.4) is 0 Å². The number of anilines is 3. The van der Waals surface area contributed by atoms with Crippen LogP contribution in [-0.4, -0.2) is 15.0 Å². The van der Waals surface area contributed by atoms with Crippen LogP contribution in [0, 0.1) is 0 Å². The van der Waals surface area contributed by atoms with E-state index in [1.54, 1.807) is 0 Å². The highest BCUT2D eigenvalue weighted by atomic mass is 15.2. The molecule has 1 heterocycles. The lowest BCUT2D eigenvalue weighted by Gasteiger charge is -2.27. The summed E-state index contributed by atoms with van der Waals surface area (Å²) in [7, 11) is 0. The van der Waals surface area contributed by atoms with Gasteiger partial charge in [0.15, 0.2) is 17.5 Å². The third-order valence-corrected chi connectivity index (χ3v) is 10.1. The van der Waals surface area contributed by atoms with Crippen LogP contribution < -0.4 is 4.90 Å². The lowest BCUT2D eigenvalue weighted by atomic mass is 9.93. The third kappa shape index (κ3) is 5.45. The molecule has 0 saturated heterocycles. The van der Waals surface area contributed by atoms with Gasteiger partial charge in [0.05, 0.1) is 5.69 Å². The summed E-state index contributed by atoms with van der Waals surface area (Å²) in [6, 6.07) is 68.0. The molecular weight excluding hydrogens is 645 g/mol. The summed E-state index contributed by atoms with van der Waals surface area (Å²) in [5.41, 5.74) is 5.84. The largest absolute Gasteiger partial charge is 0.310 e. The van der Waals surface area contributed by atoms with E-state index in [0.29, 0.717) is 17.5 Å². The Balaban J connectivity index is 1.22. The number of para-hydroxylation sites is 3. The standard InChI is InChI=1S/C49H32N4/c1-3-17-37(18-4-1)53(38-19-5-2-6-20-38)46-26-14-13-25-44(46)49-51-47(35-28-27-33-15-7-8-16-34(33)31-35)50-48(52-49)36-29-30-43-41-23-10-9-21-39(41)40-22-11-12-24-42(40)45(43)32-36/h1-32H. The Kier molecular flexibility index (Phi) is 7.43. The Bertz CT molecular complexity index is 2880. The van der Waals surface area contributed by atoms with E-state index in [-0.39, 0.29) is 0 Å². The zero-order valence-electron chi connectivity index (χ0n) is 28.8. The van der Waals surface area contributed by atoms with Crippen LogP contribution in [0.2, 0.25) is 0 Å². The van der Waals surface area contributed by atoms with E-state index in [4.69, 9.17) is 15.0 Å². The number of aromatic nitrogens is 3. The number of nitrogens with zero attached hydrogens (tertiary/aromatic N) is 4. The first kappa shape index (κ1) is 30.6. The Hall–Kier alpha value is -7.17. The lowest BCUT2D eigenvalue weighted by molar-refractivity contribution is 1.07. The van der Waals surface area contributed by atoms with E-state index in [9.17, 15) is 0 Å². The number of hydrogen-bond donors (Lipinski definition) is 0. The molecule has 0 spiro atoms. The van der Waals surface area contributed by atoms with Crippen LogP contribution in [0.4, 0.5) is 17.1 Å². The van der Waals surface area contributed by atoms with Gasteiger partial charge in [-0.1, -0.05) is 146 Å². The maximum absolute atomic E-state index is 5.29. The lowest BCUT2D eigenvalue weighted by Crippen LogP contribution is -2.12. The van der Waals surface area contributed by atoms with Gasteiger partial charge in [-0.05, 0) is 91.6 Å². The van der Waals surface area contributed by atoms with Crippen molar-refractivity contribution in [3.05, 3.63) is 194 Å². The van der Waals surface area contributed by atoms with Crippen molar-refractivity contribution in [3.8, 4) is 34.2 Å². The van der Waals surface area contributed by atoms with Crippen molar-refractivity contribution in [2.45, 2.75) is 0 Å². The van der Waals surface area contributed by atoms with Crippen molar-refractivity contribution in [3.63, 3.8) is 0 Å². The minimum Gasteiger partial charge on any atom is -0.310 e. The van der Waals surface area contributed by atoms with E-state index in [0.717, 1.165) is 39.1 Å². The molecule has 1 aromatic heterocycles. The summed E-state index contributed by atoms with van der Waals surface area (Å²) < 4.78 is 0. The second-order valence-corrected chi connectivity index (χ2v) is 13.2. The monoisotopic (exact) mass is 676 g/mol. The Morgan fingerprint density at radius 3 is 1.40 bits per heavy atom. The first-order chi connectivity index (χ1) is 26.3. The zero-order valence-corrected chi connectivity index (χ0v) is 28.8. The number of benzene rings is 9. The first-order valence-corrected chi connectivity index (χ1v) is 17.9. The molecule has 0 aliphatic heterocycles. The number of hydrogen-bond acceptors (Lipinski definition) is 4. The smallest absolute Gasteiger partial charge is 0.166 e. The van der Waals surface area contributed by atoms with Gasteiger partial charge < -0.3 is 4.90 Å². The van der Waals surface area contributed by atoms with Gasteiger partial charge in [-0.2, -0.15) is 0 Å². The van der Waals surface area contributed by atoms with E-state index in [1.807, 2.05) is 12.1 Å². The average Bonchev–Trinajstić information content (AvgIpc) is 3.24. The summed E-state index contributed by atoms with van der Waals surface area (Å²) in [5, 5.41) is 9.61. The normalized spacial score (nSPS) is 11.4. The molecule has 0 aliphatic carbocycles. The summed E-state index contributed by atoms with van der Waals surface area (Å²) in [4.78, 5) is 18.0. The van der Waals surface area contributed by atoms with Crippen molar-refractivity contribution in [1.82, 2.24) is 15.0 Å². The van der Waals surface area contributed by atoms with Gasteiger partial charge in [-0.3, -0.25) is 0 Å². The Morgan fingerprint density at radius 1 is 0.302 bits per heavy atom. The maximum atomic E-state index is 5.29. The molecule has 0 bridgehead atoms. The molecule has 0 N–H and O–H groups in total. The second-order valence-electron chi connectivity index (χ2n) is 13.2. The number of fused-ring (bicyclic) bond motifs is 7. The number of rotatable bonds is 6. The minimum atomic E-state index is 0.606. The molecule has 9 aromatic carbocycles. The van der Waals surface area contributed by atoms with Gasteiger partial charge in [-0.25, -0.2) is 15.0 Å². The summed E-state index contributed by atoms with van der Waals surface area (Å²) >= 11 is 0. The molecule has 0 aliphatic rings. The molecule has 248 valence electrons. The molecule has 4 heteroatoms. The van der Waals surface area contributed by atoms with E-state index in [1.165, 1.54) is 37.7 Å². The predicted octanol–water partition coefficient (Wildman–Crippen LogP) is 13.0. The molecular formula is C49H32N4. The molecule has 0 fully saturated rings. The topological polar surface area (TPSA) is 41.9 Å². The van der Waals surface area contributed by atoms with Crippen molar-refractivity contribution in [2.75, 3.05) is 4.90 Å². The predicted molar refractivity (Wildman–Crippen MR) is 221 cm³/mol. The fourth-order valence-electron chi connectivity index (χ4n) is 7.57.